The molecule has 0 radical (unpaired) electrons. The number of H-pyrrole nitrogens is 1. The van der Waals surface area contributed by atoms with Gasteiger partial charge in [0.2, 0.25) is 0 Å². The van der Waals surface area contributed by atoms with Gasteiger partial charge < -0.3 is 15.2 Å². The van der Waals surface area contributed by atoms with Crippen molar-refractivity contribution >= 4 is 11.7 Å². The van der Waals surface area contributed by atoms with Crippen LogP contribution in [-0.4, -0.2) is 46.7 Å². The minimum atomic E-state index is -0.0466. The van der Waals surface area contributed by atoms with Gasteiger partial charge in [0.05, 0.1) is 0 Å². The number of hydrogen-bond acceptors (Lipinski definition) is 3. The molecule has 5 heteroatoms. The van der Waals surface area contributed by atoms with Crippen LogP contribution in [0.15, 0.2) is 42.7 Å². The van der Waals surface area contributed by atoms with Gasteiger partial charge >= 0.3 is 0 Å². The van der Waals surface area contributed by atoms with Crippen LogP contribution in [0.5, 0.6) is 0 Å². The van der Waals surface area contributed by atoms with Crippen LogP contribution in [0.3, 0.4) is 0 Å². The average Bonchev–Trinajstić information content (AvgIpc) is 3.07. The molecule has 3 rings (SSSR count). The lowest BCUT2D eigenvalue weighted by Gasteiger charge is -2.36. The van der Waals surface area contributed by atoms with E-state index in [1.807, 2.05) is 4.90 Å². The molecule has 0 bridgehead atoms. The number of carbonyl (C=O) groups is 2. The third-order valence-corrected chi connectivity index (χ3v) is 4.10. The molecule has 1 aliphatic heterocycles. The topological polar surface area (TPSA) is 65.2 Å². The zero-order valence-electron chi connectivity index (χ0n) is 13.4. The fraction of sp³-hybridized carbons (Fsp3) is 0.333. The first-order chi connectivity index (χ1) is 11.0. The molecule has 1 aliphatic rings. The number of nitrogens with one attached hydrogen (secondary N) is 2. The van der Waals surface area contributed by atoms with Gasteiger partial charge in [-0.2, -0.15) is 0 Å². The molecule has 1 aromatic heterocycles. The van der Waals surface area contributed by atoms with E-state index in [9.17, 15) is 9.59 Å². The minimum Gasteiger partial charge on any atom is -0.367 e. The Balaban J connectivity index is 1.74. The molecule has 0 unspecified atom stereocenters. The summed E-state index contributed by atoms with van der Waals surface area (Å²) in [5.74, 6) is -0.0273. The third-order valence-electron chi connectivity index (χ3n) is 4.10. The predicted molar refractivity (Wildman–Crippen MR) is 88.6 cm³/mol. The Morgan fingerprint density at radius 3 is 2.13 bits per heavy atom. The first-order valence-electron chi connectivity index (χ1n) is 7.87. The van der Waals surface area contributed by atoms with Gasteiger partial charge in [-0.3, -0.25) is 9.59 Å². The van der Waals surface area contributed by atoms with Gasteiger partial charge in [0, 0.05) is 54.3 Å². The first kappa shape index (κ1) is 15.5. The fourth-order valence-electron chi connectivity index (χ4n) is 3.07. The summed E-state index contributed by atoms with van der Waals surface area (Å²) >= 11 is 0. The summed E-state index contributed by atoms with van der Waals surface area (Å²) in [5, 5.41) is 3.41. The van der Waals surface area contributed by atoms with Gasteiger partial charge in [0.15, 0.2) is 5.78 Å². The maximum atomic E-state index is 12.6. The lowest BCUT2D eigenvalue weighted by Crippen LogP contribution is -2.55. The Bertz CT molecular complexity index is 682. The average molecular weight is 311 g/mol. The molecular weight excluding hydrogens is 290 g/mol. The first-order valence-corrected chi connectivity index (χ1v) is 7.87. The number of nitrogens with zero attached hydrogens (tertiary/aromatic N) is 1. The third kappa shape index (κ3) is 3.35. The molecule has 2 aromatic rings. The van der Waals surface area contributed by atoms with Crippen LogP contribution in [-0.2, 0) is 0 Å². The number of benzene rings is 1. The Morgan fingerprint density at radius 2 is 1.57 bits per heavy atom. The van der Waals surface area contributed by atoms with Crippen molar-refractivity contribution in [3.8, 4) is 0 Å². The second-order valence-corrected chi connectivity index (χ2v) is 6.19. The number of ketones is 1. The van der Waals surface area contributed by atoms with E-state index in [0.717, 1.165) is 0 Å². The van der Waals surface area contributed by atoms with E-state index >= 15 is 0 Å². The Hall–Kier alpha value is -2.40. The number of rotatable bonds is 3. The number of carbonyl (C=O) groups excluding carboxylic acids is 2. The molecule has 1 fully saturated rings. The van der Waals surface area contributed by atoms with Crippen LogP contribution < -0.4 is 5.32 Å². The van der Waals surface area contributed by atoms with E-state index in [2.05, 4.69) is 24.1 Å². The number of hydrogen-bond donors (Lipinski definition) is 2. The molecule has 23 heavy (non-hydrogen) atoms. The number of piperazine rings is 1. The molecular formula is C18H21N3O2. The summed E-state index contributed by atoms with van der Waals surface area (Å²) in [6.07, 6.45) is 3.39. The summed E-state index contributed by atoms with van der Waals surface area (Å²) in [5.41, 5.74) is 1.83. The molecule has 1 amide bonds. The summed E-state index contributed by atoms with van der Waals surface area (Å²) < 4.78 is 0. The molecule has 5 nitrogen and oxygen atoms in total. The molecule has 1 saturated heterocycles. The minimum absolute atomic E-state index is 0.0193. The lowest BCUT2D eigenvalue weighted by atomic mass is 10.0. The Labute approximate surface area is 135 Å². The zero-order valence-corrected chi connectivity index (χ0v) is 13.4. The Kier molecular flexibility index (Phi) is 4.30. The monoisotopic (exact) mass is 311 g/mol. The van der Waals surface area contributed by atoms with E-state index in [-0.39, 0.29) is 23.8 Å². The van der Waals surface area contributed by atoms with Crippen molar-refractivity contribution in [2.24, 2.45) is 0 Å². The molecule has 120 valence electrons. The van der Waals surface area contributed by atoms with Gasteiger partial charge in [0.1, 0.15) is 0 Å². The van der Waals surface area contributed by atoms with Crippen LogP contribution in [0.2, 0.25) is 0 Å². The molecule has 0 spiro atoms. The smallest absolute Gasteiger partial charge is 0.253 e. The highest BCUT2D eigenvalue weighted by atomic mass is 16.2. The quantitative estimate of drug-likeness (QED) is 0.853. The van der Waals surface area contributed by atoms with Crippen LogP contribution in [0.4, 0.5) is 0 Å². The summed E-state index contributed by atoms with van der Waals surface area (Å²) in [7, 11) is 0. The summed E-state index contributed by atoms with van der Waals surface area (Å²) in [6.45, 7) is 5.56. The van der Waals surface area contributed by atoms with Crippen molar-refractivity contribution in [1.29, 1.82) is 0 Å². The predicted octanol–water partition coefficient (Wildman–Crippen LogP) is 2.07. The highest BCUT2D eigenvalue weighted by molar-refractivity contribution is 6.09. The maximum absolute atomic E-state index is 12.6. The number of amides is 1. The lowest BCUT2D eigenvalue weighted by molar-refractivity contribution is 0.0673. The highest BCUT2D eigenvalue weighted by Gasteiger charge is 2.25. The molecule has 2 atom stereocenters. The number of aromatic nitrogens is 1. The van der Waals surface area contributed by atoms with E-state index in [0.29, 0.717) is 29.8 Å². The van der Waals surface area contributed by atoms with Gasteiger partial charge in [-0.1, -0.05) is 12.1 Å². The van der Waals surface area contributed by atoms with Crippen LogP contribution in [0.1, 0.15) is 40.1 Å². The van der Waals surface area contributed by atoms with Crippen molar-refractivity contribution in [3.05, 3.63) is 59.4 Å². The van der Waals surface area contributed by atoms with Gasteiger partial charge in [-0.25, -0.2) is 0 Å². The van der Waals surface area contributed by atoms with Crippen molar-refractivity contribution in [2.45, 2.75) is 25.9 Å². The molecule has 2 N–H and O–H groups in total. The molecule has 0 saturated carbocycles. The highest BCUT2D eigenvalue weighted by Crippen LogP contribution is 2.14. The summed E-state index contributed by atoms with van der Waals surface area (Å²) in [6, 6.07) is 9.23. The van der Waals surface area contributed by atoms with Crippen LogP contribution in [0.25, 0.3) is 0 Å². The molecule has 1 aromatic carbocycles. The van der Waals surface area contributed by atoms with Gasteiger partial charge in [-0.15, -0.1) is 0 Å². The Morgan fingerprint density at radius 1 is 0.957 bits per heavy atom. The van der Waals surface area contributed by atoms with E-state index in [1.54, 1.807) is 42.7 Å². The van der Waals surface area contributed by atoms with Crippen LogP contribution in [0, 0.1) is 0 Å². The van der Waals surface area contributed by atoms with Crippen molar-refractivity contribution in [3.63, 3.8) is 0 Å². The number of aromatic amines is 1. The normalized spacial score (nSPS) is 21.2. The maximum Gasteiger partial charge on any atom is 0.253 e. The van der Waals surface area contributed by atoms with Crippen molar-refractivity contribution < 1.29 is 9.59 Å². The van der Waals surface area contributed by atoms with Crippen molar-refractivity contribution in [1.82, 2.24) is 15.2 Å². The van der Waals surface area contributed by atoms with Gasteiger partial charge in [-0.05, 0) is 32.0 Å². The molecule has 0 aliphatic carbocycles. The van der Waals surface area contributed by atoms with E-state index in [4.69, 9.17) is 0 Å². The fourth-order valence-corrected chi connectivity index (χ4v) is 3.07. The second-order valence-electron chi connectivity index (χ2n) is 6.19. The molecule has 2 heterocycles. The zero-order chi connectivity index (χ0) is 16.4. The van der Waals surface area contributed by atoms with E-state index < -0.39 is 0 Å². The summed E-state index contributed by atoms with van der Waals surface area (Å²) in [4.78, 5) is 29.6. The second kappa shape index (κ2) is 6.38. The van der Waals surface area contributed by atoms with Gasteiger partial charge in [0.25, 0.3) is 5.91 Å². The standard InChI is InChI=1S/C18H21N3O2/c1-12-10-21(11-13(2)20-12)18(23)15-5-3-14(4-6-15)17(22)16-7-8-19-9-16/h3-9,12-13,19-20H,10-11H2,1-2H3/t12-,13-/m0/s1. The SMILES string of the molecule is C[C@H]1CN(C(=O)c2ccc(C(=O)c3cc[nH]c3)cc2)C[C@H](C)N1. The van der Waals surface area contributed by atoms with E-state index in [1.165, 1.54) is 0 Å². The van der Waals surface area contributed by atoms with Crippen LogP contribution >= 0.6 is 0 Å². The largest absolute Gasteiger partial charge is 0.367 e. The van der Waals surface area contributed by atoms with Crippen molar-refractivity contribution in [2.75, 3.05) is 13.1 Å².